The molecule has 7 heteroatoms. The summed E-state index contributed by atoms with van der Waals surface area (Å²) >= 11 is 12.5. The van der Waals surface area contributed by atoms with Crippen molar-refractivity contribution >= 4 is 40.0 Å². The molecule has 2 aliphatic heterocycles. The number of aromatic nitrogens is 1. The SMILES string of the molecule is COc1ccc(C(=O)N2CCC(N3CCC(Cc4ccc(Cl)c(Cl)c4)C4(CCCC4)C3)CC2)c2cccnc12. The second-order valence-electron chi connectivity index (χ2n) is 11.7. The van der Waals surface area contributed by atoms with Gasteiger partial charge in [-0.05, 0) is 92.3 Å². The quantitative estimate of drug-likeness (QED) is 0.326. The molecular formula is C32H37Cl2N3O2. The Morgan fingerprint density at radius 2 is 1.82 bits per heavy atom. The number of hydrogen-bond acceptors (Lipinski definition) is 4. The lowest BCUT2D eigenvalue weighted by molar-refractivity contribution is -0.00767. The molecule has 1 amide bonds. The van der Waals surface area contributed by atoms with Gasteiger partial charge >= 0.3 is 0 Å². The fraction of sp³-hybridized carbons (Fsp3) is 0.500. The van der Waals surface area contributed by atoms with Crippen molar-refractivity contribution in [3.05, 3.63) is 69.8 Å². The minimum atomic E-state index is 0.0988. The summed E-state index contributed by atoms with van der Waals surface area (Å²) in [6.07, 6.45) is 11.4. The number of benzene rings is 2. The normalized spacial score (nSPS) is 22.0. The Morgan fingerprint density at radius 3 is 2.56 bits per heavy atom. The molecule has 1 unspecified atom stereocenters. The first-order valence-electron chi connectivity index (χ1n) is 14.4. The largest absolute Gasteiger partial charge is 0.494 e. The lowest BCUT2D eigenvalue weighted by Crippen LogP contribution is -2.54. The van der Waals surface area contributed by atoms with Gasteiger partial charge in [0.25, 0.3) is 5.91 Å². The molecule has 1 aromatic heterocycles. The number of piperidine rings is 2. The van der Waals surface area contributed by atoms with Crippen LogP contribution in [0.4, 0.5) is 0 Å². The number of nitrogens with zero attached hydrogens (tertiary/aromatic N) is 3. The number of methoxy groups -OCH3 is 1. The Hall–Kier alpha value is -2.34. The second kappa shape index (κ2) is 11.3. The minimum absolute atomic E-state index is 0.0988. The molecule has 3 heterocycles. The fourth-order valence-electron chi connectivity index (χ4n) is 7.57. The van der Waals surface area contributed by atoms with E-state index in [2.05, 4.69) is 22.0 Å². The first kappa shape index (κ1) is 26.9. The molecule has 3 aromatic rings. The summed E-state index contributed by atoms with van der Waals surface area (Å²) in [5, 5.41) is 2.15. The Labute approximate surface area is 241 Å². The van der Waals surface area contributed by atoms with E-state index in [1.54, 1.807) is 13.3 Å². The lowest BCUT2D eigenvalue weighted by Gasteiger charge is -2.50. The Kier molecular flexibility index (Phi) is 7.76. The van der Waals surface area contributed by atoms with Crippen LogP contribution in [0, 0.1) is 11.3 Å². The summed E-state index contributed by atoms with van der Waals surface area (Å²) in [7, 11) is 1.64. The van der Waals surface area contributed by atoms with Crippen LogP contribution in [0.3, 0.4) is 0 Å². The number of carbonyl (C=O) groups excluding carboxylic acids is 1. The summed E-state index contributed by atoms with van der Waals surface area (Å²) in [6.45, 7) is 3.93. The maximum absolute atomic E-state index is 13.6. The van der Waals surface area contributed by atoms with Gasteiger partial charge in [-0.3, -0.25) is 14.7 Å². The topological polar surface area (TPSA) is 45.7 Å². The highest BCUT2D eigenvalue weighted by Gasteiger charge is 2.46. The third-order valence-corrected chi connectivity index (χ3v) is 10.4. The number of hydrogen-bond donors (Lipinski definition) is 0. The average molecular weight is 567 g/mol. The molecule has 6 rings (SSSR count). The van der Waals surface area contributed by atoms with E-state index in [1.165, 1.54) is 44.2 Å². The first-order valence-corrected chi connectivity index (χ1v) is 15.1. The molecule has 0 N–H and O–H groups in total. The number of fused-ring (bicyclic) bond motifs is 1. The zero-order valence-electron chi connectivity index (χ0n) is 22.7. The van der Waals surface area contributed by atoms with Gasteiger partial charge in [-0.25, -0.2) is 0 Å². The van der Waals surface area contributed by atoms with Crippen molar-refractivity contribution in [2.45, 2.75) is 57.4 Å². The van der Waals surface area contributed by atoms with E-state index >= 15 is 0 Å². The Morgan fingerprint density at radius 1 is 1.03 bits per heavy atom. The predicted octanol–water partition coefficient (Wildman–Crippen LogP) is 7.28. The summed E-state index contributed by atoms with van der Waals surface area (Å²) in [4.78, 5) is 22.9. The van der Waals surface area contributed by atoms with E-state index in [0.717, 1.165) is 49.8 Å². The molecule has 1 spiro atoms. The van der Waals surface area contributed by atoms with Gasteiger partial charge in [0, 0.05) is 42.8 Å². The zero-order valence-corrected chi connectivity index (χ0v) is 24.2. The van der Waals surface area contributed by atoms with Crippen LogP contribution in [0.15, 0.2) is 48.7 Å². The summed E-state index contributed by atoms with van der Waals surface area (Å²) < 4.78 is 5.48. The van der Waals surface area contributed by atoms with E-state index < -0.39 is 0 Å². The van der Waals surface area contributed by atoms with Crippen molar-refractivity contribution < 1.29 is 9.53 Å². The highest BCUT2D eigenvalue weighted by Crippen LogP contribution is 2.50. The van der Waals surface area contributed by atoms with Gasteiger partial charge in [-0.15, -0.1) is 0 Å². The molecule has 2 aromatic carbocycles. The van der Waals surface area contributed by atoms with Crippen LogP contribution >= 0.6 is 23.2 Å². The highest BCUT2D eigenvalue weighted by molar-refractivity contribution is 6.42. The molecule has 2 saturated heterocycles. The highest BCUT2D eigenvalue weighted by atomic mass is 35.5. The van der Waals surface area contributed by atoms with Crippen LogP contribution in [0.1, 0.15) is 60.9 Å². The average Bonchev–Trinajstić information content (AvgIpc) is 3.44. The van der Waals surface area contributed by atoms with Gasteiger partial charge in [-0.1, -0.05) is 48.2 Å². The molecule has 1 aliphatic carbocycles. The van der Waals surface area contributed by atoms with Crippen molar-refractivity contribution in [1.82, 2.24) is 14.8 Å². The van der Waals surface area contributed by atoms with Crippen LogP contribution in [0.5, 0.6) is 5.75 Å². The van der Waals surface area contributed by atoms with Crippen LogP contribution in [-0.4, -0.2) is 60.0 Å². The molecule has 0 bridgehead atoms. The number of likely N-dealkylation sites (tertiary alicyclic amines) is 2. The van der Waals surface area contributed by atoms with Crippen molar-refractivity contribution in [1.29, 1.82) is 0 Å². The van der Waals surface area contributed by atoms with E-state index in [4.69, 9.17) is 27.9 Å². The van der Waals surface area contributed by atoms with Crippen molar-refractivity contribution in [2.75, 3.05) is 33.3 Å². The number of amides is 1. The fourth-order valence-corrected chi connectivity index (χ4v) is 7.89. The molecule has 3 fully saturated rings. The lowest BCUT2D eigenvalue weighted by atomic mass is 9.67. The van der Waals surface area contributed by atoms with E-state index in [-0.39, 0.29) is 5.91 Å². The van der Waals surface area contributed by atoms with Crippen molar-refractivity contribution in [3.63, 3.8) is 0 Å². The maximum atomic E-state index is 13.6. The number of halogens is 2. The maximum Gasteiger partial charge on any atom is 0.254 e. The van der Waals surface area contributed by atoms with E-state index in [1.807, 2.05) is 35.2 Å². The first-order chi connectivity index (χ1) is 19.0. The Bertz CT molecular complexity index is 1350. The van der Waals surface area contributed by atoms with Crippen LogP contribution in [-0.2, 0) is 6.42 Å². The molecule has 1 saturated carbocycles. The third kappa shape index (κ3) is 5.26. The van der Waals surface area contributed by atoms with Gasteiger partial charge in [0.1, 0.15) is 11.3 Å². The van der Waals surface area contributed by atoms with Crippen LogP contribution < -0.4 is 4.74 Å². The molecule has 0 radical (unpaired) electrons. The van der Waals surface area contributed by atoms with Gasteiger partial charge in [0.15, 0.2) is 0 Å². The summed E-state index contributed by atoms with van der Waals surface area (Å²) in [5.74, 6) is 1.48. The number of pyridine rings is 1. The summed E-state index contributed by atoms with van der Waals surface area (Å²) in [5.41, 5.74) is 3.16. The van der Waals surface area contributed by atoms with Crippen molar-refractivity contribution in [2.24, 2.45) is 11.3 Å². The zero-order chi connectivity index (χ0) is 27.0. The second-order valence-corrected chi connectivity index (χ2v) is 12.5. The van der Waals surface area contributed by atoms with E-state index in [0.29, 0.717) is 38.7 Å². The number of ether oxygens (including phenoxy) is 1. The Balaban J connectivity index is 1.11. The molecular weight excluding hydrogens is 529 g/mol. The van der Waals surface area contributed by atoms with Gasteiger partial charge < -0.3 is 9.64 Å². The summed E-state index contributed by atoms with van der Waals surface area (Å²) in [6, 6.07) is 14.3. The minimum Gasteiger partial charge on any atom is -0.494 e. The monoisotopic (exact) mass is 565 g/mol. The van der Waals surface area contributed by atoms with Gasteiger partial charge in [0.2, 0.25) is 0 Å². The van der Waals surface area contributed by atoms with Crippen LogP contribution in [0.25, 0.3) is 10.9 Å². The molecule has 5 nitrogen and oxygen atoms in total. The molecule has 3 aliphatic rings. The van der Waals surface area contributed by atoms with Crippen molar-refractivity contribution in [3.8, 4) is 5.75 Å². The third-order valence-electron chi connectivity index (χ3n) is 9.67. The smallest absolute Gasteiger partial charge is 0.254 e. The predicted molar refractivity (Wildman–Crippen MR) is 158 cm³/mol. The number of carbonyl (C=O) groups is 1. The molecule has 39 heavy (non-hydrogen) atoms. The molecule has 206 valence electrons. The molecule has 1 atom stereocenters. The standard InChI is InChI=1S/C32H37Cl2N3O2/c1-39-29-9-7-26(25-5-4-15-35-30(25)29)31(38)36-17-11-24(12-18-36)37-16-10-23(32(21-37)13-2-3-14-32)19-22-6-8-27(33)28(34)20-22/h4-9,15,20,23-24H,2-3,10-14,16-19,21H2,1H3. The van der Waals surface area contributed by atoms with E-state index in [9.17, 15) is 4.79 Å². The van der Waals surface area contributed by atoms with Gasteiger partial charge in [0.05, 0.1) is 17.2 Å². The van der Waals surface area contributed by atoms with Gasteiger partial charge in [-0.2, -0.15) is 0 Å². The number of rotatable bonds is 5. The van der Waals surface area contributed by atoms with Crippen LogP contribution in [0.2, 0.25) is 10.0 Å².